The lowest BCUT2D eigenvalue weighted by Gasteiger charge is -2.09. The Bertz CT molecular complexity index is 446. The van der Waals surface area contributed by atoms with Crippen molar-refractivity contribution in [3.05, 3.63) is 30.1 Å². The lowest BCUT2D eigenvalue weighted by atomic mass is 10.3. The normalized spacial score (nSPS) is 9.94. The van der Waals surface area contributed by atoms with Crippen LogP contribution in [-0.2, 0) is 4.74 Å². The van der Waals surface area contributed by atoms with Gasteiger partial charge in [0.25, 0.3) is 0 Å². The second-order valence-corrected chi connectivity index (χ2v) is 4.99. The van der Waals surface area contributed by atoms with Crippen LogP contribution in [-0.4, -0.2) is 30.4 Å². The maximum Gasteiger partial charge on any atom is 0.357 e. The molecule has 0 saturated heterocycles. The van der Waals surface area contributed by atoms with Crippen molar-refractivity contribution < 1.29 is 14.3 Å². The maximum absolute atomic E-state index is 11.5. The van der Waals surface area contributed by atoms with E-state index in [0.717, 1.165) is 16.2 Å². The third kappa shape index (κ3) is 4.07. The molecule has 98 valence electrons. The molecule has 1 aromatic heterocycles. The first-order chi connectivity index (χ1) is 8.58. The zero-order valence-electron chi connectivity index (χ0n) is 10.9. The van der Waals surface area contributed by atoms with E-state index in [0.29, 0.717) is 18.1 Å². The molecule has 0 spiro atoms. The van der Waals surface area contributed by atoms with Crippen LogP contribution in [0.25, 0.3) is 0 Å². The van der Waals surface area contributed by atoms with Gasteiger partial charge in [0.2, 0.25) is 0 Å². The molecular weight excluding hydrogens is 250 g/mol. The Kier molecular flexibility index (Phi) is 5.71. The topological polar surface area (TPSA) is 48.4 Å². The van der Waals surface area contributed by atoms with Crippen LogP contribution in [0.1, 0.15) is 24.3 Å². The number of carbonyl (C=O) groups excluding carboxylic acids is 1. The van der Waals surface area contributed by atoms with Crippen molar-refractivity contribution in [3.63, 3.8) is 0 Å². The van der Waals surface area contributed by atoms with E-state index in [4.69, 9.17) is 9.47 Å². The Morgan fingerprint density at radius 2 is 2.28 bits per heavy atom. The van der Waals surface area contributed by atoms with Gasteiger partial charge in [0.05, 0.1) is 13.3 Å². The van der Waals surface area contributed by atoms with E-state index in [1.165, 1.54) is 25.1 Å². The molecule has 0 radical (unpaired) electrons. The molecular formula is C13H17NO3S. The molecule has 1 aromatic rings. The maximum atomic E-state index is 11.5. The summed E-state index contributed by atoms with van der Waals surface area (Å²) >= 11 is 1.53. The van der Waals surface area contributed by atoms with Gasteiger partial charge >= 0.3 is 5.97 Å². The molecule has 18 heavy (non-hydrogen) atoms. The fraction of sp³-hybridized carbons (Fsp3) is 0.385. The minimum atomic E-state index is -0.433. The first-order valence-corrected chi connectivity index (χ1v) is 6.55. The first-order valence-electron chi connectivity index (χ1n) is 5.56. The van der Waals surface area contributed by atoms with E-state index in [1.807, 2.05) is 13.8 Å². The number of aromatic nitrogens is 1. The average Bonchev–Trinajstić information content (AvgIpc) is 2.36. The highest BCUT2D eigenvalue weighted by Gasteiger charge is 2.14. The predicted molar refractivity (Wildman–Crippen MR) is 72.3 cm³/mol. The van der Waals surface area contributed by atoms with Crippen molar-refractivity contribution in [1.29, 1.82) is 0 Å². The SMILES string of the molecule is C=C(C)COc1cnc(C(=O)OC)c(SCC)c1. The number of rotatable bonds is 6. The van der Waals surface area contributed by atoms with Crippen LogP contribution in [0.4, 0.5) is 0 Å². The monoisotopic (exact) mass is 267 g/mol. The van der Waals surface area contributed by atoms with Gasteiger partial charge in [-0.3, -0.25) is 0 Å². The molecule has 0 aromatic carbocycles. The third-order valence-corrected chi connectivity index (χ3v) is 2.90. The second kappa shape index (κ2) is 7.06. The summed E-state index contributed by atoms with van der Waals surface area (Å²) in [6, 6.07) is 1.80. The highest BCUT2D eigenvalue weighted by molar-refractivity contribution is 7.99. The molecule has 0 amide bonds. The fourth-order valence-corrected chi connectivity index (χ4v) is 2.01. The van der Waals surface area contributed by atoms with Gasteiger partial charge in [-0.2, -0.15) is 0 Å². The number of methoxy groups -OCH3 is 1. The number of ether oxygens (including phenoxy) is 2. The lowest BCUT2D eigenvalue weighted by Crippen LogP contribution is -2.07. The highest BCUT2D eigenvalue weighted by Crippen LogP contribution is 2.26. The summed E-state index contributed by atoms with van der Waals surface area (Å²) in [6.45, 7) is 8.10. The van der Waals surface area contributed by atoms with Crippen molar-refractivity contribution in [3.8, 4) is 5.75 Å². The van der Waals surface area contributed by atoms with E-state index in [2.05, 4.69) is 11.6 Å². The van der Waals surface area contributed by atoms with Gasteiger partial charge in [0.1, 0.15) is 12.4 Å². The van der Waals surface area contributed by atoms with Crippen LogP contribution in [0.2, 0.25) is 0 Å². The largest absolute Gasteiger partial charge is 0.488 e. The molecule has 5 heteroatoms. The number of nitrogens with zero attached hydrogens (tertiary/aromatic N) is 1. The predicted octanol–water partition coefficient (Wildman–Crippen LogP) is 2.94. The van der Waals surface area contributed by atoms with Crippen molar-refractivity contribution in [2.75, 3.05) is 19.5 Å². The number of carbonyl (C=O) groups is 1. The van der Waals surface area contributed by atoms with Crippen molar-refractivity contribution in [2.24, 2.45) is 0 Å². The molecule has 0 saturated carbocycles. The number of esters is 1. The van der Waals surface area contributed by atoms with Crippen LogP contribution in [0.15, 0.2) is 29.3 Å². The van der Waals surface area contributed by atoms with Gasteiger partial charge in [0.15, 0.2) is 5.69 Å². The lowest BCUT2D eigenvalue weighted by molar-refractivity contribution is 0.0589. The summed E-state index contributed by atoms with van der Waals surface area (Å²) in [7, 11) is 1.34. The summed E-state index contributed by atoms with van der Waals surface area (Å²) in [5, 5.41) is 0. The van der Waals surface area contributed by atoms with Crippen LogP contribution in [0, 0.1) is 0 Å². The Labute approximate surface area is 111 Å². The summed E-state index contributed by atoms with van der Waals surface area (Å²) in [5.41, 5.74) is 1.25. The molecule has 0 bridgehead atoms. The number of hydrogen-bond acceptors (Lipinski definition) is 5. The van der Waals surface area contributed by atoms with E-state index >= 15 is 0 Å². The minimum Gasteiger partial charge on any atom is -0.488 e. The molecule has 1 heterocycles. The van der Waals surface area contributed by atoms with Crippen LogP contribution in [0.3, 0.4) is 0 Å². The van der Waals surface area contributed by atoms with E-state index in [-0.39, 0.29) is 0 Å². The van der Waals surface area contributed by atoms with Crippen LogP contribution < -0.4 is 4.74 Å². The molecule has 1 rings (SSSR count). The number of pyridine rings is 1. The Morgan fingerprint density at radius 3 is 2.83 bits per heavy atom. The summed E-state index contributed by atoms with van der Waals surface area (Å²) in [5.74, 6) is 1.04. The highest BCUT2D eigenvalue weighted by atomic mass is 32.2. The average molecular weight is 267 g/mol. The Hall–Kier alpha value is -1.49. The van der Waals surface area contributed by atoms with Crippen molar-refractivity contribution in [1.82, 2.24) is 4.98 Å². The zero-order chi connectivity index (χ0) is 13.5. The molecule has 0 atom stereocenters. The van der Waals surface area contributed by atoms with Gasteiger partial charge in [-0.1, -0.05) is 13.5 Å². The summed E-state index contributed by atoms with van der Waals surface area (Å²) in [6.07, 6.45) is 1.52. The van der Waals surface area contributed by atoms with E-state index < -0.39 is 5.97 Å². The molecule has 0 unspecified atom stereocenters. The Morgan fingerprint density at radius 1 is 1.56 bits per heavy atom. The van der Waals surface area contributed by atoms with Crippen molar-refractivity contribution in [2.45, 2.75) is 18.7 Å². The Balaban J connectivity index is 2.95. The molecule has 0 aliphatic heterocycles. The first kappa shape index (κ1) is 14.6. The molecule has 4 nitrogen and oxygen atoms in total. The smallest absolute Gasteiger partial charge is 0.357 e. The van der Waals surface area contributed by atoms with Gasteiger partial charge in [-0.25, -0.2) is 9.78 Å². The second-order valence-electron chi connectivity index (χ2n) is 3.69. The van der Waals surface area contributed by atoms with Gasteiger partial charge in [-0.15, -0.1) is 11.8 Å². The molecule has 0 fully saturated rings. The number of thioether (sulfide) groups is 1. The van der Waals surface area contributed by atoms with E-state index in [1.54, 1.807) is 6.07 Å². The van der Waals surface area contributed by atoms with Gasteiger partial charge < -0.3 is 9.47 Å². The summed E-state index contributed by atoms with van der Waals surface area (Å²) in [4.78, 5) is 16.4. The third-order valence-electron chi connectivity index (χ3n) is 1.99. The fourth-order valence-electron chi connectivity index (χ4n) is 1.23. The summed E-state index contributed by atoms with van der Waals surface area (Å²) < 4.78 is 10.2. The number of hydrogen-bond donors (Lipinski definition) is 0. The van der Waals surface area contributed by atoms with Crippen LogP contribution in [0.5, 0.6) is 5.75 Å². The zero-order valence-corrected chi connectivity index (χ0v) is 11.7. The van der Waals surface area contributed by atoms with Crippen LogP contribution >= 0.6 is 11.8 Å². The molecule has 0 N–H and O–H groups in total. The molecule has 0 aliphatic carbocycles. The van der Waals surface area contributed by atoms with E-state index in [9.17, 15) is 4.79 Å². The minimum absolute atomic E-state index is 0.326. The van der Waals surface area contributed by atoms with Crippen molar-refractivity contribution >= 4 is 17.7 Å². The standard InChI is InChI=1S/C13H17NO3S/c1-5-18-11-6-10(17-8-9(2)3)7-14-12(11)13(15)16-4/h6-7H,2,5,8H2,1,3-4H3. The molecule has 0 aliphatic rings. The van der Waals surface area contributed by atoms with Gasteiger partial charge in [-0.05, 0) is 24.3 Å². The van der Waals surface area contributed by atoms with Gasteiger partial charge in [0, 0.05) is 4.90 Å². The quantitative estimate of drug-likeness (QED) is 0.450.